The van der Waals surface area contributed by atoms with Crippen LogP contribution in [-0.2, 0) is 26.7 Å². The Balaban J connectivity index is 1.45. The summed E-state index contributed by atoms with van der Waals surface area (Å²) in [4.78, 5) is 30.0. The van der Waals surface area contributed by atoms with E-state index in [0.29, 0.717) is 37.2 Å². The van der Waals surface area contributed by atoms with Gasteiger partial charge in [-0.2, -0.15) is 26.3 Å². The van der Waals surface area contributed by atoms with E-state index in [1.165, 1.54) is 31.2 Å². The van der Waals surface area contributed by atoms with Gasteiger partial charge in [0.1, 0.15) is 5.82 Å². The van der Waals surface area contributed by atoms with Crippen molar-refractivity contribution in [1.82, 2.24) is 9.80 Å². The van der Waals surface area contributed by atoms with Gasteiger partial charge in [0.2, 0.25) is 11.8 Å². The highest BCUT2D eigenvalue weighted by Crippen LogP contribution is 2.45. The molecular formula is C30H32F7N3O3. The second-order valence-electron chi connectivity index (χ2n) is 12.1. The Morgan fingerprint density at radius 2 is 1.65 bits per heavy atom. The van der Waals surface area contributed by atoms with E-state index < -0.39 is 64.9 Å². The van der Waals surface area contributed by atoms with Gasteiger partial charge >= 0.3 is 12.4 Å². The number of fused-ring (bicyclic) bond motifs is 1. The van der Waals surface area contributed by atoms with E-state index >= 15 is 0 Å². The lowest BCUT2D eigenvalue weighted by atomic mass is 9.81. The normalized spacial score (nSPS) is 28.7. The first-order valence-corrected chi connectivity index (χ1v) is 14.0. The minimum Gasteiger partial charge on any atom is -0.368 e. The van der Waals surface area contributed by atoms with Crippen LogP contribution in [0.4, 0.5) is 30.7 Å². The molecule has 2 unspecified atom stereocenters. The number of nitrogens with zero attached hydrogens (tertiary/aromatic N) is 2. The van der Waals surface area contributed by atoms with E-state index in [4.69, 9.17) is 10.5 Å². The first-order valence-electron chi connectivity index (χ1n) is 14.0. The minimum absolute atomic E-state index is 0.00642. The number of benzene rings is 2. The van der Waals surface area contributed by atoms with Gasteiger partial charge in [-0.3, -0.25) is 9.59 Å². The summed E-state index contributed by atoms with van der Waals surface area (Å²) in [5.41, 5.74) is 2.99. The molecule has 0 bridgehead atoms. The van der Waals surface area contributed by atoms with Gasteiger partial charge in [0.05, 0.1) is 23.3 Å². The van der Waals surface area contributed by atoms with Gasteiger partial charge < -0.3 is 20.3 Å². The van der Waals surface area contributed by atoms with Crippen LogP contribution < -0.4 is 5.73 Å². The highest BCUT2D eigenvalue weighted by Gasteiger charge is 2.51. The lowest BCUT2D eigenvalue weighted by Gasteiger charge is -2.37. The van der Waals surface area contributed by atoms with Crippen LogP contribution in [0.2, 0.25) is 0 Å². The highest BCUT2D eigenvalue weighted by molar-refractivity contribution is 5.88. The molecule has 6 nitrogen and oxygen atoms in total. The summed E-state index contributed by atoms with van der Waals surface area (Å²) in [6, 6.07) is 6.20. The van der Waals surface area contributed by atoms with Crippen LogP contribution in [0.5, 0.6) is 0 Å². The van der Waals surface area contributed by atoms with Crippen LogP contribution >= 0.6 is 0 Å². The average molecular weight is 616 g/mol. The molecule has 3 saturated heterocycles. The first kappa shape index (κ1) is 31.2. The zero-order valence-corrected chi connectivity index (χ0v) is 23.5. The number of alkyl halides is 6. The fraction of sp³-hybridized carbons (Fsp3) is 0.533. The molecule has 0 spiro atoms. The van der Waals surface area contributed by atoms with Gasteiger partial charge in [-0.25, -0.2) is 4.39 Å². The summed E-state index contributed by atoms with van der Waals surface area (Å²) in [7, 11) is 0. The molecule has 3 heterocycles. The predicted molar refractivity (Wildman–Crippen MR) is 141 cm³/mol. The van der Waals surface area contributed by atoms with Gasteiger partial charge in [-0.15, -0.1) is 0 Å². The number of carbonyl (C=O) groups is 2. The van der Waals surface area contributed by atoms with Gasteiger partial charge in [0.15, 0.2) is 0 Å². The van der Waals surface area contributed by atoms with Crippen molar-refractivity contribution in [3.05, 3.63) is 70.5 Å². The van der Waals surface area contributed by atoms with Crippen LogP contribution in [0.1, 0.15) is 67.4 Å². The molecule has 2 aromatic rings. The number of halogens is 7. The third-order valence-electron chi connectivity index (χ3n) is 8.74. The molecule has 3 fully saturated rings. The van der Waals surface area contributed by atoms with Gasteiger partial charge in [0, 0.05) is 49.5 Å². The zero-order chi connectivity index (χ0) is 31.5. The largest absolute Gasteiger partial charge is 0.416 e. The van der Waals surface area contributed by atoms with Crippen LogP contribution in [-0.4, -0.2) is 58.9 Å². The maximum atomic E-state index is 13.8. The number of carbonyl (C=O) groups excluding carboxylic acids is 2. The average Bonchev–Trinajstić information content (AvgIpc) is 3.47. The fourth-order valence-electron chi connectivity index (χ4n) is 6.57. The molecule has 0 aliphatic carbocycles. The third-order valence-corrected chi connectivity index (χ3v) is 8.74. The molecule has 13 heteroatoms. The molecule has 0 aromatic heterocycles. The van der Waals surface area contributed by atoms with E-state index in [2.05, 4.69) is 0 Å². The summed E-state index contributed by atoms with van der Waals surface area (Å²) in [6.07, 6.45) is -11.3. The first-order chi connectivity index (χ1) is 19.9. The Labute approximate surface area is 243 Å². The Kier molecular flexibility index (Phi) is 8.04. The molecule has 234 valence electrons. The lowest BCUT2D eigenvalue weighted by Crippen LogP contribution is -2.49. The smallest absolute Gasteiger partial charge is 0.368 e. The van der Waals surface area contributed by atoms with E-state index in [1.54, 1.807) is 9.80 Å². The predicted octanol–water partition coefficient (Wildman–Crippen LogP) is 5.66. The van der Waals surface area contributed by atoms with Crippen molar-refractivity contribution in [2.75, 3.05) is 19.6 Å². The summed E-state index contributed by atoms with van der Waals surface area (Å²) in [5.74, 6) is -2.27. The maximum Gasteiger partial charge on any atom is 0.416 e. The van der Waals surface area contributed by atoms with Crippen molar-refractivity contribution in [3.63, 3.8) is 0 Å². The SMILES string of the molecule is C[C@@H](O[C@H]1CN2C(=O)CC(C(=O)N3CCC(C)(N)C3)C[C@H]2[C@@H]1c1ccc(F)cc1)c1cc(C(F)(F)F)cc(C(F)(F)F)c1. The molecule has 0 saturated carbocycles. The number of amides is 2. The number of hydrogen-bond acceptors (Lipinski definition) is 4. The van der Waals surface area contributed by atoms with Crippen LogP contribution in [0.3, 0.4) is 0 Å². The van der Waals surface area contributed by atoms with Crippen molar-refractivity contribution in [3.8, 4) is 0 Å². The Morgan fingerprint density at radius 3 is 2.19 bits per heavy atom. The molecule has 3 aliphatic heterocycles. The van der Waals surface area contributed by atoms with Crippen LogP contribution in [0.15, 0.2) is 42.5 Å². The molecule has 2 amide bonds. The number of hydrogen-bond donors (Lipinski definition) is 1. The standard InChI is InChI=1S/C30H32F7N3O3/c1-16(18-9-20(29(32,33)34)13-21(10-18)30(35,36)37)43-24-14-40-23(26(24)17-3-5-22(31)6-4-17)11-19(12-25(40)41)27(42)39-8-7-28(2,38)15-39/h3-6,9-10,13,16,19,23-24,26H,7-8,11-12,14-15,38H2,1-2H3/t16-,19?,23+,24+,26+,28?/m1/s1. The van der Waals surface area contributed by atoms with Crippen molar-refractivity contribution >= 4 is 11.8 Å². The molecule has 5 rings (SSSR count). The quantitative estimate of drug-likeness (QED) is 0.441. The van der Waals surface area contributed by atoms with Gasteiger partial charge in [-0.05, 0) is 68.1 Å². The topological polar surface area (TPSA) is 75.9 Å². The highest BCUT2D eigenvalue weighted by atomic mass is 19.4. The van der Waals surface area contributed by atoms with Crippen LogP contribution in [0.25, 0.3) is 0 Å². The Hall–Kier alpha value is -3.19. The molecule has 2 N–H and O–H groups in total. The molecule has 43 heavy (non-hydrogen) atoms. The van der Waals surface area contributed by atoms with E-state index in [0.717, 1.165) is 0 Å². The number of nitrogens with two attached hydrogens (primary N) is 1. The molecule has 0 radical (unpaired) electrons. The molecule has 6 atom stereocenters. The Morgan fingerprint density at radius 1 is 1.05 bits per heavy atom. The zero-order valence-electron chi connectivity index (χ0n) is 23.5. The maximum absolute atomic E-state index is 13.8. The van der Waals surface area contributed by atoms with E-state index in [9.17, 15) is 40.3 Å². The van der Waals surface area contributed by atoms with Crippen molar-refractivity contribution in [2.24, 2.45) is 11.7 Å². The number of likely N-dealkylation sites (tertiary alicyclic amines) is 1. The molecule has 2 aromatic carbocycles. The summed E-state index contributed by atoms with van der Waals surface area (Å²) in [5, 5.41) is 0. The lowest BCUT2D eigenvalue weighted by molar-refractivity contribution is -0.146. The number of ether oxygens (including phenoxy) is 1. The van der Waals surface area contributed by atoms with Crippen molar-refractivity contribution in [2.45, 2.75) is 75.2 Å². The minimum atomic E-state index is -5.02. The second kappa shape index (κ2) is 11.1. The molecular weight excluding hydrogens is 583 g/mol. The van der Waals surface area contributed by atoms with Crippen molar-refractivity contribution < 1.29 is 45.1 Å². The number of rotatable bonds is 5. The van der Waals surface area contributed by atoms with Gasteiger partial charge in [0.25, 0.3) is 0 Å². The Bertz CT molecular complexity index is 1340. The third kappa shape index (κ3) is 6.52. The monoisotopic (exact) mass is 615 g/mol. The summed E-state index contributed by atoms with van der Waals surface area (Å²) < 4.78 is 101. The van der Waals surface area contributed by atoms with Crippen molar-refractivity contribution in [1.29, 1.82) is 0 Å². The summed E-state index contributed by atoms with van der Waals surface area (Å²) in [6.45, 7) is 4.02. The van der Waals surface area contributed by atoms with E-state index in [-0.39, 0.29) is 42.8 Å². The second-order valence-corrected chi connectivity index (χ2v) is 12.1. The van der Waals surface area contributed by atoms with E-state index in [1.807, 2.05) is 6.92 Å². The fourth-order valence-corrected chi connectivity index (χ4v) is 6.57. The summed E-state index contributed by atoms with van der Waals surface area (Å²) >= 11 is 0. The molecule has 3 aliphatic rings. The van der Waals surface area contributed by atoms with Gasteiger partial charge in [-0.1, -0.05) is 12.1 Å². The van der Waals surface area contributed by atoms with Crippen LogP contribution in [0, 0.1) is 11.7 Å². The number of piperidine rings is 1.